The Kier molecular flexibility index (Phi) is 10.4. The van der Waals surface area contributed by atoms with Crippen molar-refractivity contribution in [3.63, 3.8) is 0 Å². The molecule has 0 N–H and O–H groups in total. The molecule has 0 saturated carbocycles. The molecule has 0 saturated heterocycles. The van der Waals surface area contributed by atoms with Gasteiger partial charge in [0.1, 0.15) is 0 Å². The summed E-state index contributed by atoms with van der Waals surface area (Å²) in [6.45, 7) is 14.3. The average molecular weight is 925 g/mol. The van der Waals surface area contributed by atoms with Crippen LogP contribution < -0.4 is 0 Å². The van der Waals surface area contributed by atoms with Crippen molar-refractivity contribution in [2.45, 2.75) is 34.6 Å². The first kappa shape index (κ1) is 42.7. The molecule has 0 radical (unpaired) electrons. The van der Waals surface area contributed by atoms with Crippen molar-refractivity contribution in [3.8, 4) is 22.7 Å². The summed E-state index contributed by atoms with van der Waals surface area (Å²) in [6, 6.07) is 52.2. The predicted octanol–water partition coefficient (Wildman–Crippen LogP) is 16.6. The van der Waals surface area contributed by atoms with Crippen LogP contribution in [-0.2, 0) is 0 Å². The molecule has 9 heteroatoms. The number of hydrogen-bond acceptors (Lipinski definition) is 5. The number of fused-ring (bicyclic) bond motifs is 13. The van der Waals surface area contributed by atoms with Crippen molar-refractivity contribution >= 4 is 121 Å². The second kappa shape index (κ2) is 17.1. The SMILES string of the molecule is C=Cc1c(/C=C\C)n(-c2cc(-n3c4ccccc4c4ncccc43)c3sc4c(-n5c6ccccc6c6ncccc65)cc(-n5c6ccccc6c6ncccc65)cc4c3c2)c2cccnc12.CC.CC. The summed E-state index contributed by atoms with van der Waals surface area (Å²) in [5, 5.41) is 5.60. The van der Waals surface area contributed by atoms with Crippen LogP contribution in [0.15, 0.2) is 183 Å². The van der Waals surface area contributed by atoms with E-state index in [0.717, 1.165) is 131 Å². The van der Waals surface area contributed by atoms with Crippen LogP contribution >= 0.6 is 11.3 Å². The summed E-state index contributed by atoms with van der Waals surface area (Å²) >= 11 is 1.83. The average Bonchev–Trinajstić information content (AvgIpc) is 4.22. The van der Waals surface area contributed by atoms with Gasteiger partial charge in [-0.05, 0) is 104 Å². The van der Waals surface area contributed by atoms with Gasteiger partial charge in [-0.15, -0.1) is 11.3 Å². The molecule has 0 amide bonds. The molecular formula is C61H48N8S. The van der Waals surface area contributed by atoms with Crippen LogP contribution in [0.2, 0.25) is 0 Å². The van der Waals surface area contributed by atoms with Crippen LogP contribution in [0, 0.1) is 0 Å². The van der Waals surface area contributed by atoms with E-state index in [1.807, 2.05) is 94.2 Å². The normalized spacial score (nSPS) is 11.8. The molecule has 14 aromatic rings. The summed E-state index contributed by atoms with van der Waals surface area (Å²) in [5.74, 6) is 0. The topological polar surface area (TPSA) is 71.3 Å². The third-order valence-corrected chi connectivity index (χ3v) is 14.5. The highest BCUT2D eigenvalue weighted by Crippen LogP contribution is 2.47. The number of hydrogen-bond donors (Lipinski definition) is 0. The molecule has 0 fully saturated rings. The Morgan fingerprint density at radius 1 is 0.414 bits per heavy atom. The van der Waals surface area contributed by atoms with Gasteiger partial charge in [0.15, 0.2) is 0 Å². The van der Waals surface area contributed by atoms with Gasteiger partial charge in [0, 0.05) is 68.7 Å². The van der Waals surface area contributed by atoms with Crippen LogP contribution in [0.3, 0.4) is 0 Å². The molecule has 0 spiro atoms. The van der Waals surface area contributed by atoms with E-state index in [4.69, 9.17) is 19.9 Å². The first-order valence-electron chi connectivity index (χ1n) is 24.0. The van der Waals surface area contributed by atoms with Crippen LogP contribution in [0.25, 0.3) is 132 Å². The minimum absolute atomic E-state index is 0.906. The van der Waals surface area contributed by atoms with Crippen molar-refractivity contribution in [1.29, 1.82) is 0 Å². The highest BCUT2D eigenvalue weighted by Gasteiger charge is 2.25. The molecule has 0 atom stereocenters. The molecule has 9 aromatic heterocycles. The Labute approximate surface area is 408 Å². The molecule has 8 nitrogen and oxygen atoms in total. The minimum atomic E-state index is 0.906. The van der Waals surface area contributed by atoms with Crippen LogP contribution in [0.1, 0.15) is 45.9 Å². The van der Waals surface area contributed by atoms with Crippen LogP contribution in [0.4, 0.5) is 0 Å². The van der Waals surface area contributed by atoms with Crippen LogP contribution in [-0.4, -0.2) is 38.2 Å². The van der Waals surface area contributed by atoms with Crippen molar-refractivity contribution in [2.24, 2.45) is 0 Å². The van der Waals surface area contributed by atoms with Gasteiger partial charge in [0.2, 0.25) is 0 Å². The van der Waals surface area contributed by atoms with Crippen molar-refractivity contribution < 1.29 is 0 Å². The number of nitrogens with zero attached hydrogens (tertiary/aromatic N) is 8. The first-order valence-corrected chi connectivity index (χ1v) is 24.8. The van der Waals surface area contributed by atoms with Gasteiger partial charge in [0.25, 0.3) is 0 Å². The van der Waals surface area contributed by atoms with Gasteiger partial charge < -0.3 is 18.3 Å². The van der Waals surface area contributed by atoms with Crippen molar-refractivity contribution in [2.75, 3.05) is 0 Å². The molecule has 338 valence electrons. The molecular weight excluding hydrogens is 877 g/mol. The first-order chi connectivity index (χ1) is 34.7. The molecule has 0 unspecified atom stereocenters. The zero-order valence-corrected chi connectivity index (χ0v) is 40.4. The number of aromatic nitrogens is 8. The van der Waals surface area contributed by atoms with E-state index in [1.165, 1.54) is 0 Å². The lowest BCUT2D eigenvalue weighted by molar-refractivity contribution is 1.09. The number of pyridine rings is 4. The smallest absolute Gasteiger partial charge is 0.0963 e. The lowest BCUT2D eigenvalue weighted by Crippen LogP contribution is -2.01. The van der Waals surface area contributed by atoms with E-state index in [9.17, 15) is 0 Å². The standard InChI is InChI=1S/C57H36N8S.2C2H6/c1-3-15-42-36(4-2)52-46(22-11-26-58-52)62(42)34-30-40-41-31-35(63-43-19-8-5-16-37(43)53-47(63)23-12-27-59-53)33-51(65-45-21-10-7-18-39(45)55-49(65)25-14-29-61-55)57(41)66-56(40)50(32-34)64-44-20-9-6-17-38(44)54-48(64)24-13-28-60-54;2*1-2/h3-33H,2H2,1H3;2*1-2H3/b15-3-;;. The van der Waals surface area contributed by atoms with Gasteiger partial charge in [-0.1, -0.05) is 101 Å². The molecule has 0 bridgehead atoms. The number of thiophene rings is 1. The lowest BCUT2D eigenvalue weighted by atomic mass is 10.1. The summed E-state index contributed by atoms with van der Waals surface area (Å²) in [6.07, 6.45) is 13.7. The Bertz CT molecular complexity index is 4240. The maximum absolute atomic E-state index is 4.98. The minimum Gasteiger partial charge on any atom is -0.308 e. The maximum Gasteiger partial charge on any atom is 0.0963 e. The monoisotopic (exact) mass is 924 g/mol. The van der Waals surface area contributed by atoms with E-state index < -0.39 is 0 Å². The van der Waals surface area contributed by atoms with E-state index >= 15 is 0 Å². The zero-order valence-electron chi connectivity index (χ0n) is 39.6. The van der Waals surface area contributed by atoms with E-state index in [2.05, 4.69) is 165 Å². The second-order valence-corrected chi connectivity index (χ2v) is 17.7. The highest BCUT2D eigenvalue weighted by atomic mass is 32.1. The zero-order chi connectivity index (χ0) is 47.6. The number of para-hydroxylation sites is 3. The summed E-state index contributed by atoms with van der Waals surface area (Å²) in [7, 11) is 0. The largest absolute Gasteiger partial charge is 0.308 e. The van der Waals surface area contributed by atoms with Gasteiger partial charge in [0.05, 0.1) is 87.2 Å². The van der Waals surface area contributed by atoms with E-state index in [0.29, 0.717) is 0 Å². The van der Waals surface area contributed by atoms with Gasteiger partial charge in [-0.3, -0.25) is 19.9 Å². The van der Waals surface area contributed by atoms with Gasteiger partial charge in [-0.25, -0.2) is 0 Å². The van der Waals surface area contributed by atoms with E-state index in [-0.39, 0.29) is 0 Å². The lowest BCUT2D eigenvalue weighted by Gasteiger charge is -2.15. The fourth-order valence-corrected chi connectivity index (χ4v) is 11.9. The summed E-state index contributed by atoms with van der Waals surface area (Å²) in [5.41, 5.74) is 17.4. The molecule has 5 aromatic carbocycles. The van der Waals surface area contributed by atoms with E-state index in [1.54, 1.807) is 0 Å². The molecule has 9 heterocycles. The number of rotatable bonds is 6. The number of benzene rings is 5. The van der Waals surface area contributed by atoms with Crippen LogP contribution in [0.5, 0.6) is 0 Å². The van der Waals surface area contributed by atoms with Gasteiger partial charge in [-0.2, -0.15) is 0 Å². The van der Waals surface area contributed by atoms with Crippen molar-refractivity contribution in [1.82, 2.24) is 38.2 Å². The summed E-state index contributed by atoms with van der Waals surface area (Å²) in [4.78, 5) is 19.8. The third-order valence-electron chi connectivity index (χ3n) is 13.2. The molecule has 0 aliphatic carbocycles. The molecule has 14 rings (SSSR count). The number of allylic oxidation sites excluding steroid dienone is 1. The molecule has 0 aliphatic rings. The highest BCUT2D eigenvalue weighted by molar-refractivity contribution is 7.26. The Hall–Kier alpha value is -8.66. The molecule has 70 heavy (non-hydrogen) atoms. The van der Waals surface area contributed by atoms with Gasteiger partial charge >= 0.3 is 0 Å². The Morgan fingerprint density at radius 2 is 0.786 bits per heavy atom. The quantitative estimate of drug-likeness (QED) is 0.167. The fraction of sp³-hybridized carbons (Fsp3) is 0.0820. The maximum atomic E-state index is 4.98. The van der Waals surface area contributed by atoms with Crippen molar-refractivity contribution in [3.05, 3.63) is 194 Å². The fourth-order valence-electron chi connectivity index (χ4n) is 10.6. The third kappa shape index (κ3) is 6.14. The Balaban J connectivity index is 0.00000123. The Morgan fingerprint density at radius 3 is 1.23 bits per heavy atom. The predicted molar refractivity (Wildman–Crippen MR) is 298 cm³/mol. The summed E-state index contributed by atoms with van der Waals surface area (Å²) < 4.78 is 11.9. The molecule has 0 aliphatic heterocycles. The second-order valence-electron chi connectivity index (χ2n) is 16.7.